The summed E-state index contributed by atoms with van der Waals surface area (Å²) in [6.45, 7) is 1.86. The van der Waals surface area contributed by atoms with E-state index in [0.29, 0.717) is 19.8 Å². The zero-order valence-corrected chi connectivity index (χ0v) is 11.8. The molecule has 1 aromatic carbocycles. The van der Waals surface area contributed by atoms with E-state index in [1.807, 2.05) is 30.3 Å². The van der Waals surface area contributed by atoms with Crippen LogP contribution in [0, 0.1) is 0 Å². The van der Waals surface area contributed by atoms with Crippen molar-refractivity contribution in [2.45, 2.75) is 6.54 Å². The van der Waals surface area contributed by atoms with Crippen molar-refractivity contribution < 1.29 is 9.47 Å². The molecule has 0 fully saturated rings. The van der Waals surface area contributed by atoms with E-state index in [1.165, 1.54) is 0 Å². The first-order chi connectivity index (χ1) is 9.33. The zero-order valence-electron chi connectivity index (χ0n) is 10.2. The van der Waals surface area contributed by atoms with Crippen LogP contribution in [0.2, 0.25) is 0 Å². The van der Waals surface area contributed by atoms with E-state index < -0.39 is 0 Å². The molecule has 0 bridgehead atoms. The number of fused-ring (bicyclic) bond motifs is 1. The molecule has 2 aromatic rings. The highest BCUT2D eigenvalue weighted by Crippen LogP contribution is 2.33. The molecule has 0 saturated heterocycles. The maximum Gasteiger partial charge on any atom is 0.166 e. The van der Waals surface area contributed by atoms with Crippen LogP contribution in [0.25, 0.3) is 0 Å². The van der Waals surface area contributed by atoms with Crippen LogP contribution in [0.3, 0.4) is 0 Å². The first-order valence-electron chi connectivity index (χ1n) is 6.06. The van der Waals surface area contributed by atoms with Crippen LogP contribution < -0.4 is 14.8 Å². The van der Waals surface area contributed by atoms with Gasteiger partial charge in [-0.1, -0.05) is 12.1 Å². The summed E-state index contributed by atoms with van der Waals surface area (Å²) in [6, 6.07) is 9.81. The fourth-order valence-corrected chi connectivity index (χ4v) is 2.17. The Morgan fingerprint density at radius 2 is 2.05 bits per heavy atom. The van der Waals surface area contributed by atoms with Crippen molar-refractivity contribution in [2.75, 3.05) is 18.5 Å². The van der Waals surface area contributed by atoms with E-state index in [1.54, 1.807) is 6.20 Å². The number of nitrogens with one attached hydrogen (secondary N) is 1. The van der Waals surface area contributed by atoms with Gasteiger partial charge in [0.05, 0.1) is 0 Å². The Hall–Kier alpha value is -1.75. The molecule has 1 aliphatic rings. The van der Waals surface area contributed by atoms with Gasteiger partial charge < -0.3 is 14.8 Å². The van der Waals surface area contributed by atoms with E-state index >= 15 is 0 Å². The number of anilines is 1. The molecule has 2 heterocycles. The highest BCUT2D eigenvalue weighted by Gasteiger charge is 2.15. The van der Waals surface area contributed by atoms with Crippen molar-refractivity contribution in [3.8, 4) is 11.5 Å². The minimum Gasteiger partial charge on any atom is -0.486 e. The van der Waals surface area contributed by atoms with Crippen LogP contribution in [-0.4, -0.2) is 18.2 Å². The third-order valence-electron chi connectivity index (χ3n) is 2.84. The fourth-order valence-electron chi connectivity index (χ4n) is 1.94. The zero-order chi connectivity index (χ0) is 13.1. The van der Waals surface area contributed by atoms with Gasteiger partial charge in [0.15, 0.2) is 11.5 Å². The van der Waals surface area contributed by atoms with Gasteiger partial charge in [0.2, 0.25) is 0 Å². The topological polar surface area (TPSA) is 43.4 Å². The number of para-hydroxylation sites is 1. The summed E-state index contributed by atoms with van der Waals surface area (Å²) < 4.78 is 12.2. The minimum absolute atomic E-state index is 0.598. The van der Waals surface area contributed by atoms with Gasteiger partial charge >= 0.3 is 0 Å². The molecule has 1 aromatic heterocycles. The minimum atomic E-state index is 0.598. The lowest BCUT2D eigenvalue weighted by molar-refractivity contribution is 0.170. The first-order valence-corrected chi connectivity index (χ1v) is 6.85. The lowest BCUT2D eigenvalue weighted by Crippen LogP contribution is -2.17. The van der Waals surface area contributed by atoms with Crippen molar-refractivity contribution in [1.29, 1.82) is 0 Å². The third kappa shape index (κ3) is 2.81. The largest absolute Gasteiger partial charge is 0.486 e. The normalized spacial score (nSPS) is 13.1. The average Bonchev–Trinajstić information content (AvgIpc) is 2.47. The monoisotopic (exact) mass is 320 g/mol. The lowest BCUT2D eigenvalue weighted by atomic mass is 10.1. The van der Waals surface area contributed by atoms with E-state index in [2.05, 4.69) is 26.2 Å². The van der Waals surface area contributed by atoms with Crippen molar-refractivity contribution in [1.82, 2.24) is 4.98 Å². The van der Waals surface area contributed by atoms with E-state index in [4.69, 9.17) is 9.47 Å². The lowest BCUT2D eigenvalue weighted by Gasteiger charge is -2.21. The highest BCUT2D eigenvalue weighted by molar-refractivity contribution is 9.10. The predicted molar refractivity (Wildman–Crippen MR) is 76.7 cm³/mol. The number of pyridine rings is 1. The summed E-state index contributed by atoms with van der Waals surface area (Å²) in [7, 11) is 0. The number of hydrogen-bond donors (Lipinski definition) is 1. The molecule has 0 unspecified atom stereocenters. The Balaban J connectivity index is 1.75. The molecule has 3 rings (SSSR count). The second-order valence-electron chi connectivity index (χ2n) is 4.16. The molecule has 5 heteroatoms. The molecule has 19 heavy (non-hydrogen) atoms. The summed E-state index contributed by atoms with van der Waals surface area (Å²) in [5.41, 5.74) is 1.07. The number of aromatic nitrogens is 1. The SMILES string of the molecule is Brc1ccc(NCc2cccc3c2OCCO3)nc1. The number of benzene rings is 1. The molecule has 0 atom stereocenters. The van der Waals surface area contributed by atoms with Gasteiger partial charge in [-0.05, 0) is 34.1 Å². The predicted octanol–water partition coefficient (Wildman–Crippen LogP) is 3.23. The Morgan fingerprint density at radius 3 is 2.89 bits per heavy atom. The Labute approximate surface area is 119 Å². The van der Waals surface area contributed by atoms with Crippen LogP contribution in [0.5, 0.6) is 11.5 Å². The van der Waals surface area contributed by atoms with Gasteiger partial charge in [0.25, 0.3) is 0 Å². The Morgan fingerprint density at radius 1 is 1.16 bits per heavy atom. The molecule has 0 spiro atoms. The second kappa shape index (κ2) is 5.48. The van der Waals surface area contributed by atoms with Crippen LogP contribution >= 0.6 is 15.9 Å². The molecule has 98 valence electrons. The molecule has 0 saturated carbocycles. The van der Waals surface area contributed by atoms with Crippen molar-refractivity contribution in [2.24, 2.45) is 0 Å². The number of hydrogen-bond acceptors (Lipinski definition) is 4. The summed E-state index contributed by atoms with van der Waals surface area (Å²) in [6.07, 6.45) is 1.77. The molecule has 1 N–H and O–H groups in total. The molecule has 0 aliphatic carbocycles. The molecular formula is C14H13BrN2O2. The van der Waals surface area contributed by atoms with E-state index in [0.717, 1.165) is 27.4 Å². The first kappa shape index (κ1) is 12.3. The van der Waals surface area contributed by atoms with Gasteiger partial charge in [0, 0.05) is 22.8 Å². The van der Waals surface area contributed by atoms with Gasteiger partial charge in [-0.2, -0.15) is 0 Å². The van der Waals surface area contributed by atoms with E-state index in [-0.39, 0.29) is 0 Å². The maximum atomic E-state index is 5.67. The molecule has 4 nitrogen and oxygen atoms in total. The average molecular weight is 321 g/mol. The summed E-state index contributed by atoms with van der Waals surface area (Å²) >= 11 is 3.36. The molecular weight excluding hydrogens is 308 g/mol. The fraction of sp³-hybridized carbons (Fsp3) is 0.214. The van der Waals surface area contributed by atoms with Gasteiger partial charge in [-0.3, -0.25) is 0 Å². The third-order valence-corrected chi connectivity index (χ3v) is 3.30. The van der Waals surface area contributed by atoms with Crippen LogP contribution in [-0.2, 0) is 6.54 Å². The molecule has 0 radical (unpaired) electrons. The molecule has 1 aliphatic heterocycles. The van der Waals surface area contributed by atoms with Crippen molar-refractivity contribution in [3.05, 3.63) is 46.6 Å². The Kier molecular flexibility index (Phi) is 3.55. The summed E-state index contributed by atoms with van der Waals surface area (Å²) in [4.78, 5) is 4.28. The number of nitrogens with zero attached hydrogens (tertiary/aromatic N) is 1. The smallest absolute Gasteiger partial charge is 0.166 e. The van der Waals surface area contributed by atoms with Gasteiger partial charge in [-0.15, -0.1) is 0 Å². The van der Waals surface area contributed by atoms with Crippen LogP contribution in [0.15, 0.2) is 41.0 Å². The maximum absolute atomic E-state index is 5.67. The molecule has 0 amide bonds. The Bertz CT molecular complexity index is 572. The highest BCUT2D eigenvalue weighted by atomic mass is 79.9. The number of ether oxygens (including phenoxy) is 2. The number of halogens is 1. The van der Waals surface area contributed by atoms with Gasteiger partial charge in [0.1, 0.15) is 19.0 Å². The standard InChI is InChI=1S/C14H13BrN2O2/c15-11-4-5-13(17-9-11)16-8-10-2-1-3-12-14(10)19-7-6-18-12/h1-5,9H,6-8H2,(H,16,17). The van der Waals surface area contributed by atoms with Crippen molar-refractivity contribution >= 4 is 21.7 Å². The van der Waals surface area contributed by atoms with Gasteiger partial charge in [-0.25, -0.2) is 4.98 Å². The summed E-state index contributed by atoms with van der Waals surface area (Å²) in [5.74, 6) is 2.48. The van der Waals surface area contributed by atoms with E-state index in [9.17, 15) is 0 Å². The van der Waals surface area contributed by atoms with Crippen LogP contribution in [0.1, 0.15) is 5.56 Å². The second-order valence-corrected chi connectivity index (χ2v) is 5.07. The number of rotatable bonds is 3. The van der Waals surface area contributed by atoms with Crippen LogP contribution in [0.4, 0.5) is 5.82 Å². The quantitative estimate of drug-likeness (QED) is 0.943. The summed E-state index contributed by atoms with van der Waals surface area (Å²) in [5, 5.41) is 3.27. The van der Waals surface area contributed by atoms with Crippen molar-refractivity contribution in [3.63, 3.8) is 0 Å².